The average molecular weight is 306 g/mol. The Morgan fingerprint density at radius 3 is 2.24 bits per heavy atom. The first kappa shape index (κ1) is 15.5. The van der Waals surface area contributed by atoms with E-state index in [9.17, 15) is 0 Å². The number of ether oxygens (including phenoxy) is 2. The second-order valence-electron chi connectivity index (χ2n) is 5.90. The van der Waals surface area contributed by atoms with E-state index in [1.54, 1.807) is 25.3 Å². The lowest BCUT2D eigenvalue weighted by Crippen LogP contribution is -2.12. The van der Waals surface area contributed by atoms with Gasteiger partial charge in [0.1, 0.15) is 17.2 Å². The summed E-state index contributed by atoms with van der Waals surface area (Å²) in [6.07, 6.45) is 0. The number of hydrogen-bond acceptors (Lipinski definition) is 3. The molecule has 0 spiro atoms. The molecular formula is C17H20ClNO2. The van der Waals surface area contributed by atoms with Crippen molar-refractivity contribution < 1.29 is 9.47 Å². The fraction of sp³-hybridized carbons (Fsp3) is 0.294. The van der Waals surface area contributed by atoms with Crippen LogP contribution in [-0.4, -0.2) is 7.11 Å². The van der Waals surface area contributed by atoms with Gasteiger partial charge in [0.25, 0.3) is 0 Å². The fourth-order valence-corrected chi connectivity index (χ4v) is 2.26. The van der Waals surface area contributed by atoms with Crippen molar-refractivity contribution in [3.8, 4) is 17.2 Å². The highest BCUT2D eigenvalue weighted by atomic mass is 35.5. The molecule has 2 rings (SSSR count). The molecule has 21 heavy (non-hydrogen) atoms. The average Bonchev–Trinajstić information content (AvgIpc) is 2.41. The third-order valence-corrected chi connectivity index (χ3v) is 3.47. The third-order valence-electron chi connectivity index (χ3n) is 3.17. The summed E-state index contributed by atoms with van der Waals surface area (Å²) in [4.78, 5) is 0. The molecule has 3 nitrogen and oxygen atoms in total. The van der Waals surface area contributed by atoms with E-state index < -0.39 is 0 Å². The topological polar surface area (TPSA) is 44.5 Å². The maximum absolute atomic E-state index is 6.17. The number of anilines is 1. The summed E-state index contributed by atoms with van der Waals surface area (Å²) in [7, 11) is 1.65. The number of rotatable bonds is 3. The van der Waals surface area contributed by atoms with E-state index >= 15 is 0 Å². The predicted molar refractivity (Wildman–Crippen MR) is 87.6 cm³/mol. The van der Waals surface area contributed by atoms with Crippen LogP contribution in [0.3, 0.4) is 0 Å². The first-order valence-electron chi connectivity index (χ1n) is 6.72. The van der Waals surface area contributed by atoms with Gasteiger partial charge in [-0.3, -0.25) is 0 Å². The molecule has 112 valence electrons. The van der Waals surface area contributed by atoms with Crippen LogP contribution < -0.4 is 15.2 Å². The molecular weight excluding hydrogens is 286 g/mol. The molecule has 0 amide bonds. The number of benzene rings is 2. The standard InChI is InChI=1S/C17H20ClNO2/c1-17(2,3)13-10-12(20-4)6-8-15(13)21-16-7-5-11(19)9-14(16)18/h5-10H,19H2,1-4H3. The number of hydrogen-bond donors (Lipinski definition) is 1. The minimum Gasteiger partial charge on any atom is -0.497 e. The SMILES string of the molecule is COc1ccc(Oc2ccc(N)cc2Cl)c(C(C)(C)C)c1. The van der Waals surface area contributed by atoms with Gasteiger partial charge in [0.15, 0.2) is 0 Å². The largest absolute Gasteiger partial charge is 0.497 e. The van der Waals surface area contributed by atoms with E-state index in [0.29, 0.717) is 16.5 Å². The molecule has 0 radical (unpaired) electrons. The van der Waals surface area contributed by atoms with Crippen molar-refractivity contribution in [2.45, 2.75) is 26.2 Å². The van der Waals surface area contributed by atoms with Crippen molar-refractivity contribution in [1.82, 2.24) is 0 Å². The van der Waals surface area contributed by atoms with Gasteiger partial charge >= 0.3 is 0 Å². The van der Waals surface area contributed by atoms with Crippen molar-refractivity contribution in [1.29, 1.82) is 0 Å². The van der Waals surface area contributed by atoms with Crippen molar-refractivity contribution in [3.63, 3.8) is 0 Å². The lowest BCUT2D eigenvalue weighted by Gasteiger charge is -2.23. The number of methoxy groups -OCH3 is 1. The Hall–Kier alpha value is -1.87. The molecule has 2 N–H and O–H groups in total. The van der Waals surface area contributed by atoms with Gasteiger partial charge in [-0.05, 0) is 41.8 Å². The van der Waals surface area contributed by atoms with Crippen molar-refractivity contribution in [2.24, 2.45) is 0 Å². The van der Waals surface area contributed by atoms with Crippen LogP contribution in [0.1, 0.15) is 26.3 Å². The molecule has 0 fully saturated rings. The van der Waals surface area contributed by atoms with Gasteiger partial charge in [-0.25, -0.2) is 0 Å². The van der Waals surface area contributed by atoms with Crippen LogP contribution in [-0.2, 0) is 5.41 Å². The van der Waals surface area contributed by atoms with Crippen LogP contribution in [0.5, 0.6) is 17.2 Å². The summed E-state index contributed by atoms with van der Waals surface area (Å²) in [5.74, 6) is 2.15. The van der Waals surface area contributed by atoms with E-state index in [0.717, 1.165) is 17.1 Å². The molecule has 0 unspecified atom stereocenters. The molecule has 0 aromatic heterocycles. The normalized spacial score (nSPS) is 11.3. The van der Waals surface area contributed by atoms with Crippen LogP contribution in [0.2, 0.25) is 5.02 Å². The van der Waals surface area contributed by atoms with Gasteiger partial charge in [-0.1, -0.05) is 32.4 Å². The number of halogens is 1. The number of nitrogen functional groups attached to an aromatic ring is 1. The van der Waals surface area contributed by atoms with E-state index in [1.807, 2.05) is 18.2 Å². The summed E-state index contributed by atoms with van der Waals surface area (Å²) in [5.41, 5.74) is 7.28. The molecule has 2 aromatic carbocycles. The summed E-state index contributed by atoms with van der Waals surface area (Å²) in [6.45, 7) is 6.37. The second kappa shape index (κ2) is 5.86. The Kier molecular flexibility index (Phi) is 4.33. The zero-order valence-corrected chi connectivity index (χ0v) is 13.5. The van der Waals surface area contributed by atoms with E-state index in [-0.39, 0.29) is 5.41 Å². The van der Waals surface area contributed by atoms with Gasteiger partial charge in [-0.15, -0.1) is 0 Å². The van der Waals surface area contributed by atoms with Crippen LogP contribution >= 0.6 is 11.6 Å². The highest BCUT2D eigenvalue weighted by Gasteiger charge is 2.21. The monoisotopic (exact) mass is 305 g/mol. The van der Waals surface area contributed by atoms with Crippen LogP contribution in [0, 0.1) is 0 Å². The fourth-order valence-electron chi connectivity index (χ4n) is 2.03. The lowest BCUT2D eigenvalue weighted by molar-refractivity contribution is 0.407. The van der Waals surface area contributed by atoms with Crippen LogP contribution in [0.15, 0.2) is 36.4 Å². The maximum atomic E-state index is 6.17. The molecule has 4 heteroatoms. The molecule has 0 atom stereocenters. The smallest absolute Gasteiger partial charge is 0.146 e. The Morgan fingerprint density at radius 2 is 1.67 bits per heavy atom. The summed E-state index contributed by atoms with van der Waals surface area (Å²) >= 11 is 6.17. The maximum Gasteiger partial charge on any atom is 0.146 e. The third kappa shape index (κ3) is 3.61. The van der Waals surface area contributed by atoms with Gasteiger partial charge in [0.05, 0.1) is 12.1 Å². The zero-order chi connectivity index (χ0) is 15.6. The minimum atomic E-state index is -0.0792. The quantitative estimate of drug-likeness (QED) is 0.810. The highest BCUT2D eigenvalue weighted by Crippen LogP contribution is 2.38. The molecule has 0 aliphatic heterocycles. The summed E-state index contributed by atoms with van der Waals surface area (Å²) in [6, 6.07) is 11.0. The molecule has 0 saturated heterocycles. The first-order valence-corrected chi connectivity index (χ1v) is 7.10. The van der Waals surface area contributed by atoms with Gasteiger partial charge in [-0.2, -0.15) is 0 Å². The molecule has 0 aliphatic rings. The number of nitrogens with two attached hydrogens (primary N) is 1. The Morgan fingerprint density at radius 1 is 1.00 bits per heavy atom. The van der Waals surface area contributed by atoms with Crippen LogP contribution in [0.25, 0.3) is 0 Å². The van der Waals surface area contributed by atoms with E-state index in [4.69, 9.17) is 26.8 Å². The van der Waals surface area contributed by atoms with Gasteiger partial charge < -0.3 is 15.2 Å². The van der Waals surface area contributed by atoms with Gasteiger partial charge in [0, 0.05) is 11.3 Å². The Bertz CT molecular complexity index is 648. The molecule has 0 saturated carbocycles. The molecule has 0 bridgehead atoms. The second-order valence-corrected chi connectivity index (χ2v) is 6.31. The van der Waals surface area contributed by atoms with Crippen molar-refractivity contribution >= 4 is 17.3 Å². The van der Waals surface area contributed by atoms with Crippen LogP contribution in [0.4, 0.5) is 5.69 Å². The van der Waals surface area contributed by atoms with Gasteiger partial charge in [0.2, 0.25) is 0 Å². The Labute approximate surface area is 130 Å². The lowest BCUT2D eigenvalue weighted by atomic mass is 9.86. The first-order chi connectivity index (χ1) is 9.81. The highest BCUT2D eigenvalue weighted by molar-refractivity contribution is 6.32. The summed E-state index contributed by atoms with van der Waals surface area (Å²) in [5, 5.41) is 0.491. The minimum absolute atomic E-state index is 0.0792. The summed E-state index contributed by atoms with van der Waals surface area (Å²) < 4.78 is 11.3. The van der Waals surface area contributed by atoms with E-state index in [1.165, 1.54) is 0 Å². The molecule has 0 aliphatic carbocycles. The van der Waals surface area contributed by atoms with E-state index in [2.05, 4.69) is 20.8 Å². The molecule has 2 aromatic rings. The van der Waals surface area contributed by atoms with Crippen molar-refractivity contribution in [2.75, 3.05) is 12.8 Å². The predicted octanol–water partition coefficient (Wildman–Crippen LogP) is 5.02. The molecule has 0 heterocycles. The Balaban J connectivity index is 2.44. The zero-order valence-electron chi connectivity index (χ0n) is 12.7. The van der Waals surface area contributed by atoms with Crippen molar-refractivity contribution in [3.05, 3.63) is 47.0 Å².